The maximum absolute atomic E-state index is 5.57. The number of hydrogen-bond donors (Lipinski definition) is 0. The van der Waals surface area contributed by atoms with Gasteiger partial charge < -0.3 is 23.2 Å². The molecule has 0 atom stereocenters. The smallest absolute Gasteiger partial charge is 0.203 e. The minimum atomic E-state index is 0.591. The van der Waals surface area contributed by atoms with E-state index in [0.29, 0.717) is 30.3 Å². The molecule has 3 rings (SSSR count). The standard InChI is InChI=1S/C21H27N3O4/c1-15-22-11-17(23(15)2)13-24(14-18-7-6-8-28-18)12-16-9-19(25-3)21(27-5)20(10-16)26-4/h6-11H,12-14H2,1-5H3. The predicted octanol–water partition coefficient (Wildman–Crippen LogP) is 3.55. The highest BCUT2D eigenvalue weighted by atomic mass is 16.5. The normalized spacial score (nSPS) is 11.1. The number of aromatic nitrogens is 2. The summed E-state index contributed by atoms with van der Waals surface area (Å²) in [5.74, 6) is 3.78. The summed E-state index contributed by atoms with van der Waals surface area (Å²) >= 11 is 0. The van der Waals surface area contributed by atoms with E-state index in [0.717, 1.165) is 29.4 Å². The van der Waals surface area contributed by atoms with E-state index in [1.54, 1.807) is 27.6 Å². The first-order valence-electron chi connectivity index (χ1n) is 9.06. The Kier molecular flexibility index (Phi) is 6.26. The second kappa shape index (κ2) is 8.84. The summed E-state index contributed by atoms with van der Waals surface area (Å²) in [4.78, 5) is 6.69. The van der Waals surface area contributed by atoms with Crippen molar-refractivity contribution in [3.8, 4) is 17.2 Å². The van der Waals surface area contributed by atoms with Gasteiger partial charge in [-0.05, 0) is 36.8 Å². The first-order chi connectivity index (χ1) is 13.5. The van der Waals surface area contributed by atoms with Gasteiger partial charge in [-0.2, -0.15) is 0 Å². The molecule has 0 bridgehead atoms. The third-order valence-electron chi connectivity index (χ3n) is 4.79. The van der Waals surface area contributed by atoms with Gasteiger partial charge in [0.05, 0.1) is 39.8 Å². The van der Waals surface area contributed by atoms with E-state index in [1.165, 1.54) is 0 Å². The molecule has 7 heteroatoms. The third-order valence-corrected chi connectivity index (χ3v) is 4.79. The fraction of sp³-hybridized carbons (Fsp3) is 0.381. The van der Waals surface area contributed by atoms with Crippen LogP contribution >= 0.6 is 0 Å². The number of benzene rings is 1. The Bertz CT molecular complexity index is 878. The minimum Gasteiger partial charge on any atom is -0.493 e. The van der Waals surface area contributed by atoms with Crippen molar-refractivity contribution in [1.29, 1.82) is 0 Å². The Morgan fingerprint density at radius 1 is 1.04 bits per heavy atom. The molecule has 3 aromatic rings. The second-order valence-electron chi connectivity index (χ2n) is 6.61. The molecule has 0 aliphatic carbocycles. The fourth-order valence-electron chi connectivity index (χ4n) is 3.20. The van der Waals surface area contributed by atoms with Crippen LogP contribution in [0, 0.1) is 6.92 Å². The van der Waals surface area contributed by atoms with Crippen molar-refractivity contribution in [1.82, 2.24) is 14.5 Å². The molecule has 0 aliphatic heterocycles. The van der Waals surface area contributed by atoms with Crippen LogP contribution < -0.4 is 14.2 Å². The lowest BCUT2D eigenvalue weighted by Crippen LogP contribution is -2.23. The zero-order valence-corrected chi connectivity index (χ0v) is 17.1. The largest absolute Gasteiger partial charge is 0.493 e. The Labute approximate surface area is 165 Å². The molecule has 2 aromatic heterocycles. The molecule has 0 N–H and O–H groups in total. The molecule has 7 nitrogen and oxygen atoms in total. The van der Waals surface area contributed by atoms with Crippen molar-refractivity contribution in [2.45, 2.75) is 26.6 Å². The van der Waals surface area contributed by atoms with Crippen LogP contribution in [-0.2, 0) is 26.7 Å². The summed E-state index contributed by atoms with van der Waals surface area (Å²) in [7, 11) is 6.89. The van der Waals surface area contributed by atoms with Gasteiger partial charge in [0.2, 0.25) is 5.75 Å². The van der Waals surface area contributed by atoms with Crippen molar-refractivity contribution >= 4 is 0 Å². The van der Waals surface area contributed by atoms with Crippen LogP contribution in [0.2, 0.25) is 0 Å². The highest BCUT2D eigenvalue weighted by Crippen LogP contribution is 2.38. The monoisotopic (exact) mass is 385 g/mol. The Hall–Kier alpha value is -2.93. The van der Waals surface area contributed by atoms with E-state index in [9.17, 15) is 0 Å². The van der Waals surface area contributed by atoms with E-state index in [-0.39, 0.29) is 0 Å². The Morgan fingerprint density at radius 3 is 2.25 bits per heavy atom. The van der Waals surface area contributed by atoms with Crippen LogP contribution in [-0.4, -0.2) is 35.8 Å². The summed E-state index contributed by atoms with van der Waals surface area (Å²) < 4.78 is 24.1. The van der Waals surface area contributed by atoms with Gasteiger partial charge >= 0.3 is 0 Å². The van der Waals surface area contributed by atoms with Crippen LogP contribution in [0.3, 0.4) is 0 Å². The zero-order valence-electron chi connectivity index (χ0n) is 17.1. The van der Waals surface area contributed by atoms with Gasteiger partial charge in [-0.15, -0.1) is 0 Å². The van der Waals surface area contributed by atoms with Crippen molar-refractivity contribution in [2.75, 3.05) is 21.3 Å². The van der Waals surface area contributed by atoms with E-state index in [4.69, 9.17) is 18.6 Å². The molecule has 2 heterocycles. The lowest BCUT2D eigenvalue weighted by molar-refractivity contribution is 0.221. The van der Waals surface area contributed by atoms with E-state index < -0.39 is 0 Å². The number of imidazole rings is 1. The SMILES string of the molecule is COc1cc(CN(Cc2ccco2)Cc2cnc(C)n2C)cc(OC)c1OC. The van der Waals surface area contributed by atoms with Gasteiger partial charge in [0, 0.05) is 26.3 Å². The van der Waals surface area contributed by atoms with Crippen LogP contribution in [0.5, 0.6) is 17.2 Å². The molecule has 1 aromatic carbocycles. The number of aryl methyl sites for hydroxylation is 1. The number of nitrogens with zero attached hydrogens (tertiary/aromatic N) is 3. The highest BCUT2D eigenvalue weighted by Gasteiger charge is 2.17. The van der Waals surface area contributed by atoms with Crippen molar-refractivity contribution in [3.05, 3.63) is 59.6 Å². The van der Waals surface area contributed by atoms with E-state index in [2.05, 4.69) is 14.5 Å². The van der Waals surface area contributed by atoms with Crippen LogP contribution in [0.25, 0.3) is 0 Å². The first kappa shape index (κ1) is 19.8. The van der Waals surface area contributed by atoms with Crippen LogP contribution in [0.4, 0.5) is 0 Å². The quantitative estimate of drug-likeness (QED) is 0.561. The summed E-state index contributed by atoms with van der Waals surface area (Å²) in [5, 5.41) is 0. The van der Waals surface area contributed by atoms with Gasteiger partial charge in [0.25, 0.3) is 0 Å². The summed E-state index contributed by atoms with van der Waals surface area (Å²) in [6, 6.07) is 7.84. The molecular formula is C21H27N3O4. The minimum absolute atomic E-state index is 0.591. The molecule has 0 aliphatic rings. The van der Waals surface area contributed by atoms with Crippen molar-refractivity contribution in [2.24, 2.45) is 7.05 Å². The number of rotatable bonds is 9. The molecule has 0 amide bonds. The molecule has 150 valence electrons. The topological polar surface area (TPSA) is 61.9 Å². The fourth-order valence-corrected chi connectivity index (χ4v) is 3.20. The van der Waals surface area contributed by atoms with Gasteiger partial charge in [-0.1, -0.05) is 0 Å². The Morgan fingerprint density at radius 2 is 1.75 bits per heavy atom. The molecule has 0 unspecified atom stereocenters. The molecule has 0 spiro atoms. The lowest BCUT2D eigenvalue weighted by atomic mass is 10.1. The molecule has 0 radical (unpaired) electrons. The molecule has 0 saturated carbocycles. The Balaban J connectivity index is 1.89. The molecule has 28 heavy (non-hydrogen) atoms. The molecule has 0 fully saturated rings. The zero-order chi connectivity index (χ0) is 20.1. The lowest BCUT2D eigenvalue weighted by Gasteiger charge is -2.23. The third kappa shape index (κ3) is 4.31. The highest BCUT2D eigenvalue weighted by molar-refractivity contribution is 5.53. The van der Waals surface area contributed by atoms with Gasteiger partial charge in [-0.25, -0.2) is 4.98 Å². The predicted molar refractivity (Wildman–Crippen MR) is 106 cm³/mol. The maximum Gasteiger partial charge on any atom is 0.203 e. The average Bonchev–Trinajstić information content (AvgIpc) is 3.32. The molecular weight excluding hydrogens is 358 g/mol. The number of methoxy groups -OCH3 is 3. The summed E-state index contributed by atoms with van der Waals surface area (Å²) in [6.45, 7) is 4.09. The summed E-state index contributed by atoms with van der Waals surface area (Å²) in [5.41, 5.74) is 2.19. The van der Waals surface area contributed by atoms with Crippen molar-refractivity contribution < 1.29 is 18.6 Å². The molecule has 0 saturated heterocycles. The van der Waals surface area contributed by atoms with E-state index in [1.807, 2.05) is 44.4 Å². The van der Waals surface area contributed by atoms with E-state index >= 15 is 0 Å². The number of furan rings is 1. The number of hydrogen-bond acceptors (Lipinski definition) is 6. The summed E-state index contributed by atoms with van der Waals surface area (Å²) in [6.07, 6.45) is 3.61. The van der Waals surface area contributed by atoms with Crippen molar-refractivity contribution in [3.63, 3.8) is 0 Å². The average molecular weight is 385 g/mol. The second-order valence-corrected chi connectivity index (χ2v) is 6.61. The van der Waals surface area contributed by atoms with Crippen LogP contribution in [0.15, 0.2) is 41.1 Å². The number of ether oxygens (including phenoxy) is 3. The van der Waals surface area contributed by atoms with Gasteiger partial charge in [-0.3, -0.25) is 4.90 Å². The van der Waals surface area contributed by atoms with Gasteiger partial charge in [0.15, 0.2) is 11.5 Å². The van der Waals surface area contributed by atoms with Gasteiger partial charge in [0.1, 0.15) is 11.6 Å². The van der Waals surface area contributed by atoms with Crippen LogP contribution in [0.1, 0.15) is 22.8 Å². The first-order valence-corrected chi connectivity index (χ1v) is 9.06. The maximum atomic E-state index is 5.57.